The molecule has 3 rings (SSSR count). The maximum absolute atomic E-state index is 13.6. The number of esters is 1. The molecule has 0 radical (unpaired) electrons. The number of carbonyl (C=O) groups is 4. The zero-order valence-corrected chi connectivity index (χ0v) is 16.2. The van der Waals surface area contributed by atoms with Gasteiger partial charge in [-0.05, 0) is 37.5 Å². The molecule has 1 saturated carbocycles. The number of imide groups is 1. The van der Waals surface area contributed by atoms with E-state index in [1.807, 2.05) is 0 Å². The van der Waals surface area contributed by atoms with E-state index in [-0.39, 0.29) is 36.6 Å². The predicted molar refractivity (Wildman–Crippen MR) is 98.9 cm³/mol. The molecular formula is C20H23FN2O6. The van der Waals surface area contributed by atoms with Gasteiger partial charge in [0.05, 0.1) is 7.11 Å². The average molecular weight is 406 g/mol. The molecule has 1 heterocycles. The van der Waals surface area contributed by atoms with Crippen molar-refractivity contribution in [2.24, 2.45) is 0 Å². The molecule has 1 aromatic rings. The van der Waals surface area contributed by atoms with Crippen LogP contribution in [-0.2, 0) is 14.3 Å². The van der Waals surface area contributed by atoms with E-state index in [0.717, 1.165) is 23.8 Å². The van der Waals surface area contributed by atoms with E-state index in [4.69, 9.17) is 9.47 Å². The summed E-state index contributed by atoms with van der Waals surface area (Å²) in [6, 6.07) is 3.29. The second-order valence-electron chi connectivity index (χ2n) is 7.21. The monoisotopic (exact) mass is 406 g/mol. The van der Waals surface area contributed by atoms with Crippen LogP contribution in [0.1, 0.15) is 48.9 Å². The number of nitrogens with zero attached hydrogens (tertiary/aromatic N) is 1. The number of hydrogen-bond acceptors (Lipinski definition) is 6. The minimum absolute atomic E-state index is 0.0124. The predicted octanol–water partition coefficient (Wildman–Crippen LogP) is 2.21. The molecule has 2 fully saturated rings. The molecule has 1 saturated heterocycles. The second-order valence-corrected chi connectivity index (χ2v) is 7.21. The van der Waals surface area contributed by atoms with Gasteiger partial charge in [0.25, 0.3) is 5.91 Å². The van der Waals surface area contributed by atoms with Gasteiger partial charge in [0, 0.05) is 18.5 Å². The Balaban J connectivity index is 1.42. The summed E-state index contributed by atoms with van der Waals surface area (Å²) in [6.07, 6.45) is 3.28. The van der Waals surface area contributed by atoms with Gasteiger partial charge < -0.3 is 14.8 Å². The number of ether oxygens (including phenoxy) is 2. The van der Waals surface area contributed by atoms with Crippen molar-refractivity contribution in [2.75, 3.05) is 20.3 Å². The van der Waals surface area contributed by atoms with Crippen molar-refractivity contribution in [3.05, 3.63) is 29.6 Å². The molecule has 3 amide bonds. The summed E-state index contributed by atoms with van der Waals surface area (Å²) >= 11 is 0. The van der Waals surface area contributed by atoms with Crippen LogP contribution in [0.15, 0.2) is 18.2 Å². The molecule has 0 atom stereocenters. The van der Waals surface area contributed by atoms with Crippen LogP contribution in [0.5, 0.6) is 5.75 Å². The van der Waals surface area contributed by atoms with Crippen LogP contribution in [0, 0.1) is 5.82 Å². The molecule has 8 nitrogen and oxygen atoms in total. The molecule has 1 spiro atoms. The van der Waals surface area contributed by atoms with E-state index in [1.54, 1.807) is 0 Å². The topological polar surface area (TPSA) is 102 Å². The Morgan fingerprint density at radius 2 is 1.97 bits per heavy atom. The highest BCUT2D eigenvalue weighted by molar-refractivity contribution is 6.07. The molecule has 0 aromatic heterocycles. The van der Waals surface area contributed by atoms with Crippen molar-refractivity contribution >= 4 is 23.7 Å². The lowest BCUT2D eigenvalue weighted by Crippen LogP contribution is -2.44. The van der Waals surface area contributed by atoms with E-state index in [2.05, 4.69) is 5.32 Å². The van der Waals surface area contributed by atoms with Crippen molar-refractivity contribution in [3.8, 4) is 5.75 Å². The fourth-order valence-electron chi connectivity index (χ4n) is 3.72. The van der Waals surface area contributed by atoms with Crippen molar-refractivity contribution in [1.82, 2.24) is 10.2 Å². The van der Waals surface area contributed by atoms with Gasteiger partial charge in [-0.3, -0.25) is 19.3 Å². The number of ketones is 1. The van der Waals surface area contributed by atoms with Crippen LogP contribution < -0.4 is 10.1 Å². The molecule has 0 bridgehead atoms. The summed E-state index contributed by atoms with van der Waals surface area (Å²) in [5.74, 6) is -2.08. The van der Waals surface area contributed by atoms with Gasteiger partial charge in [-0.25, -0.2) is 9.18 Å². The first-order valence-electron chi connectivity index (χ1n) is 9.53. The average Bonchev–Trinajstić information content (AvgIpc) is 3.26. The largest absolute Gasteiger partial charge is 0.494 e. The highest BCUT2D eigenvalue weighted by atomic mass is 19.1. The Kier molecular flexibility index (Phi) is 6.14. The van der Waals surface area contributed by atoms with Gasteiger partial charge in [-0.15, -0.1) is 0 Å². The third-order valence-electron chi connectivity index (χ3n) is 5.30. The van der Waals surface area contributed by atoms with Crippen LogP contribution >= 0.6 is 0 Å². The fourth-order valence-corrected chi connectivity index (χ4v) is 3.72. The molecule has 1 aliphatic carbocycles. The maximum atomic E-state index is 13.6. The standard InChI is InChI=1S/C20H23FN2O6/c1-28-16-7-6-13(11-14(16)21)15(24)12-29-17(25)5-4-10-23-18(26)20(22-19(23)27)8-2-3-9-20/h6-7,11H,2-5,8-10,12H2,1H3,(H,22,27). The van der Waals surface area contributed by atoms with E-state index >= 15 is 0 Å². The number of methoxy groups -OCH3 is 1. The third kappa shape index (κ3) is 4.38. The third-order valence-corrected chi connectivity index (χ3v) is 5.30. The molecule has 1 aliphatic heterocycles. The number of halogens is 1. The molecule has 0 unspecified atom stereocenters. The molecule has 1 aromatic carbocycles. The van der Waals surface area contributed by atoms with E-state index < -0.39 is 35.7 Å². The Hall–Kier alpha value is -2.97. The van der Waals surface area contributed by atoms with E-state index in [9.17, 15) is 23.6 Å². The molecule has 1 N–H and O–H groups in total. The maximum Gasteiger partial charge on any atom is 0.325 e. The molecule has 29 heavy (non-hydrogen) atoms. The van der Waals surface area contributed by atoms with Crippen LogP contribution in [-0.4, -0.2) is 54.4 Å². The number of Topliss-reactive ketones (excluding diaryl/α,β-unsaturated/α-hetero) is 1. The number of urea groups is 1. The van der Waals surface area contributed by atoms with Gasteiger partial charge in [0.2, 0.25) is 0 Å². The van der Waals surface area contributed by atoms with Gasteiger partial charge in [0.1, 0.15) is 5.54 Å². The lowest BCUT2D eigenvalue weighted by Gasteiger charge is -2.19. The second kappa shape index (κ2) is 8.59. The van der Waals surface area contributed by atoms with Crippen LogP contribution in [0.3, 0.4) is 0 Å². The van der Waals surface area contributed by atoms with Gasteiger partial charge >= 0.3 is 12.0 Å². The minimum Gasteiger partial charge on any atom is -0.494 e. The molecular weight excluding hydrogens is 383 g/mol. The first-order chi connectivity index (χ1) is 13.9. The first-order valence-corrected chi connectivity index (χ1v) is 9.53. The van der Waals surface area contributed by atoms with Crippen LogP contribution in [0.25, 0.3) is 0 Å². The van der Waals surface area contributed by atoms with Crippen molar-refractivity contribution in [3.63, 3.8) is 0 Å². The van der Waals surface area contributed by atoms with Gasteiger partial charge in [-0.2, -0.15) is 0 Å². The fraction of sp³-hybridized carbons (Fsp3) is 0.500. The minimum atomic E-state index is -0.766. The van der Waals surface area contributed by atoms with Crippen molar-refractivity contribution < 1.29 is 33.0 Å². The summed E-state index contributed by atoms with van der Waals surface area (Å²) < 4.78 is 23.3. The summed E-state index contributed by atoms with van der Waals surface area (Å²) in [5, 5.41) is 2.78. The Bertz CT molecular complexity index is 834. The van der Waals surface area contributed by atoms with E-state index in [1.165, 1.54) is 19.2 Å². The Morgan fingerprint density at radius 3 is 2.62 bits per heavy atom. The Morgan fingerprint density at radius 1 is 1.24 bits per heavy atom. The number of rotatable bonds is 8. The number of amides is 3. The van der Waals surface area contributed by atoms with E-state index in [0.29, 0.717) is 12.8 Å². The highest BCUT2D eigenvalue weighted by Gasteiger charge is 2.52. The number of carbonyl (C=O) groups excluding carboxylic acids is 4. The lowest BCUT2D eigenvalue weighted by atomic mass is 9.98. The lowest BCUT2D eigenvalue weighted by molar-refractivity contribution is -0.143. The smallest absolute Gasteiger partial charge is 0.325 e. The normalized spacial score (nSPS) is 17.5. The van der Waals surface area contributed by atoms with Crippen molar-refractivity contribution in [2.45, 2.75) is 44.1 Å². The van der Waals surface area contributed by atoms with Gasteiger partial charge in [-0.1, -0.05) is 12.8 Å². The molecule has 2 aliphatic rings. The van der Waals surface area contributed by atoms with Crippen molar-refractivity contribution in [1.29, 1.82) is 0 Å². The molecule has 9 heteroatoms. The zero-order valence-electron chi connectivity index (χ0n) is 16.2. The zero-order chi connectivity index (χ0) is 21.0. The highest BCUT2D eigenvalue weighted by Crippen LogP contribution is 2.35. The quantitative estimate of drug-likeness (QED) is 0.403. The first kappa shape index (κ1) is 20.8. The summed E-state index contributed by atoms with van der Waals surface area (Å²) in [5.41, 5.74) is -0.699. The SMILES string of the molecule is COc1ccc(C(=O)COC(=O)CCCN2C(=O)NC3(CCCC3)C2=O)cc1F. The Labute approximate surface area is 167 Å². The van der Waals surface area contributed by atoms with Crippen LogP contribution in [0.4, 0.5) is 9.18 Å². The van der Waals surface area contributed by atoms with Gasteiger partial charge in [0.15, 0.2) is 24.0 Å². The molecule has 156 valence electrons. The van der Waals surface area contributed by atoms with Crippen LogP contribution in [0.2, 0.25) is 0 Å². The summed E-state index contributed by atoms with van der Waals surface area (Å²) in [6.45, 7) is -0.407. The summed E-state index contributed by atoms with van der Waals surface area (Å²) in [7, 11) is 1.31. The number of hydrogen-bond donors (Lipinski definition) is 1. The number of nitrogens with one attached hydrogen (secondary N) is 1. The summed E-state index contributed by atoms with van der Waals surface area (Å²) in [4.78, 5) is 49.6. The number of benzene rings is 1.